The van der Waals surface area contributed by atoms with Gasteiger partial charge in [0.25, 0.3) is 11.8 Å². The van der Waals surface area contributed by atoms with Crippen molar-refractivity contribution in [3.05, 3.63) is 66.0 Å². The summed E-state index contributed by atoms with van der Waals surface area (Å²) in [6.07, 6.45) is 4.54. The number of para-hydroxylation sites is 2. The van der Waals surface area contributed by atoms with Gasteiger partial charge in [-0.25, -0.2) is 0 Å². The van der Waals surface area contributed by atoms with Gasteiger partial charge in [0.15, 0.2) is 0 Å². The highest BCUT2D eigenvalue weighted by Gasteiger charge is 2.35. The third kappa shape index (κ3) is 3.15. The van der Waals surface area contributed by atoms with Gasteiger partial charge in [-0.1, -0.05) is 30.3 Å². The average molecular weight is 448 g/mol. The number of hydrogen-bond donors (Lipinski definition) is 4. The molecular formula is C24H21N3O4S. The Morgan fingerprint density at radius 3 is 2.47 bits per heavy atom. The Balaban J connectivity index is 1.81. The van der Waals surface area contributed by atoms with E-state index in [9.17, 15) is 19.8 Å². The van der Waals surface area contributed by atoms with Crippen molar-refractivity contribution in [2.24, 2.45) is 0 Å². The molecule has 0 spiro atoms. The van der Waals surface area contributed by atoms with Gasteiger partial charge < -0.3 is 19.8 Å². The van der Waals surface area contributed by atoms with E-state index >= 15 is 0 Å². The predicted octanol–water partition coefficient (Wildman–Crippen LogP) is 2.76. The van der Waals surface area contributed by atoms with E-state index in [0.29, 0.717) is 22.3 Å². The summed E-state index contributed by atoms with van der Waals surface area (Å²) in [5.74, 6) is -0.890. The van der Waals surface area contributed by atoms with E-state index in [0.717, 1.165) is 26.7 Å². The number of hydrogen-bond acceptors (Lipinski definition) is 5. The first-order chi connectivity index (χ1) is 15.5. The number of rotatable bonds is 6. The van der Waals surface area contributed by atoms with Gasteiger partial charge in [0.2, 0.25) is 0 Å². The molecule has 4 N–H and O–H groups in total. The van der Waals surface area contributed by atoms with E-state index < -0.39 is 17.9 Å². The summed E-state index contributed by atoms with van der Waals surface area (Å²) in [5.41, 5.74) is 3.63. The van der Waals surface area contributed by atoms with Crippen LogP contribution in [0.25, 0.3) is 33.0 Å². The molecular weight excluding hydrogens is 426 g/mol. The minimum atomic E-state index is -0.950. The van der Waals surface area contributed by atoms with Crippen molar-refractivity contribution in [3.8, 4) is 0 Å². The number of carbonyl (C=O) groups is 2. The fourth-order valence-electron chi connectivity index (χ4n) is 4.37. The summed E-state index contributed by atoms with van der Waals surface area (Å²) in [4.78, 5) is 30.1. The van der Waals surface area contributed by atoms with Crippen LogP contribution in [-0.4, -0.2) is 50.5 Å². The number of aromatic amines is 1. The molecule has 0 bridgehead atoms. The number of nitrogens with zero attached hydrogens (tertiary/aromatic N) is 1. The molecule has 0 fully saturated rings. The lowest BCUT2D eigenvalue weighted by Gasteiger charge is -2.11. The van der Waals surface area contributed by atoms with Crippen LogP contribution in [0.2, 0.25) is 0 Å². The van der Waals surface area contributed by atoms with Gasteiger partial charge >= 0.3 is 0 Å². The van der Waals surface area contributed by atoms with Crippen molar-refractivity contribution < 1.29 is 19.8 Å². The number of fused-ring (bicyclic) bond motifs is 2. The van der Waals surface area contributed by atoms with Gasteiger partial charge in [-0.15, -0.1) is 11.8 Å². The zero-order valence-corrected chi connectivity index (χ0v) is 18.1. The molecule has 1 aliphatic heterocycles. The number of aromatic nitrogens is 2. The summed E-state index contributed by atoms with van der Waals surface area (Å²) in [6.45, 7) is -0.214. The molecule has 0 radical (unpaired) electrons. The summed E-state index contributed by atoms with van der Waals surface area (Å²) in [7, 11) is 0. The molecule has 162 valence electrons. The van der Waals surface area contributed by atoms with Crippen molar-refractivity contribution in [3.63, 3.8) is 0 Å². The van der Waals surface area contributed by atoms with E-state index in [1.807, 2.05) is 53.3 Å². The van der Waals surface area contributed by atoms with Crippen LogP contribution in [0, 0.1) is 0 Å². The molecule has 1 aliphatic rings. The lowest BCUT2D eigenvalue weighted by molar-refractivity contribution is -0.122. The maximum atomic E-state index is 13.0. The molecule has 0 saturated heterocycles. The standard InChI is InChI=1S/C24H21N3O4S/c1-32-19-8-4-6-15-17(11-27(22(15)19)10-13(29)12-28)21-20(23(30)26-24(21)31)16-9-25-18-7-3-2-5-14(16)18/h2-9,11,13,25,28-29H,10,12H2,1H3,(H,26,30,31). The molecule has 3 heterocycles. The molecule has 2 amide bonds. The largest absolute Gasteiger partial charge is 0.394 e. The van der Waals surface area contributed by atoms with Crippen molar-refractivity contribution in [1.82, 2.24) is 14.9 Å². The Morgan fingerprint density at radius 1 is 1.00 bits per heavy atom. The van der Waals surface area contributed by atoms with Crippen molar-refractivity contribution in [1.29, 1.82) is 0 Å². The summed E-state index contributed by atoms with van der Waals surface area (Å²) < 4.78 is 1.84. The van der Waals surface area contributed by atoms with Crippen molar-refractivity contribution >= 4 is 56.5 Å². The smallest absolute Gasteiger partial charge is 0.259 e. The highest BCUT2D eigenvalue weighted by Crippen LogP contribution is 2.40. The number of amides is 2. The first-order valence-electron chi connectivity index (χ1n) is 10.1. The van der Waals surface area contributed by atoms with Gasteiger partial charge in [0, 0.05) is 44.7 Å². The first-order valence-corrected chi connectivity index (χ1v) is 11.4. The normalized spacial score (nSPS) is 15.2. The van der Waals surface area contributed by atoms with Gasteiger partial charge in [-0.2, -0.15) is 0 Å². The average Bonchev–Trinajstić information content (AvgIpc) is 3.46. The summed E-state index contributed by atoms with van der Waals surface area (Å²) in [6, 6.07) is 13.4. The Morgan fingerprint density at radius 2 is 1.72 bits per heavy atom. The Bertz CT molecular complexity index is 1420. The van der Waals surface area contributed by atoms with Crippen LogP contribution >= 0.6 is 11.8 Å². The summed E-state index contributed by atoms with van der Waals surface area (Å²) in [5, 5.41) is 23.6. The number of aliphatic hydroxyl groups excluding tert-OH is 2. The topological polar surface area (TPSA) is 107 Å². The fraction of sp³-hybridized carbons (Fsp3) is 0.167. The van der Waals surface area contributed by atoms with Crippen LogP contribution in [-0.2, 0) is 16.1 Å². The van der Waals surface area contributed by atoms with Gasteiger partial charge in [0.05, 0.1) is 35.9 Å². The minimum Gasteiger partial charge on any atom is -0.394 e. The maximum Gasteiger partial charge on any atom is 0.259 e. The highest BCUT2D eigenvalue weighted by molar-refractivity contribution is 7.98. The van der Waals surface area contributed by atoms with E-state index in [-0.39, 0.29) is 13.2 Å². The minimum absolute atomic E-state index is 0.163. The van der Waals surface area contributed by atoms with Crippen LogP contribution < -0.4 is 5.32 Å². The van der Waals surface area contributed by atoms with E-state index in [4.69, 9.17) is 0 Å². The molecule has 1 unspecified atom stereocenters. The lowest BCUT2D eigenvalue weighted by atomic mass is 9.95. The number of carbonyl (C=O) groups excluding carboxylic acids is 2. The summed E-state index contributed by atoms with van der Waals surface area (Å²) >= 11 is 1.55. The number of thioether (sulfide) groups is 1. The number of benzene rings is 2. The molecule has 32 heavy (non-hydrogen) atoms. The molecule has 1 atom stereocenters. The molecule has 2 aromatic carbocycles. The molecule has 0 aliphatic carbocycles. The Hall–Kier alpha value is -3.33. The monoisotopic (exact) mass is 447 g/mol. The van der Waals surface area contributed by atoms with E-state index in [1.54, 1.807) is 24.2 Å². The number of imide groups is 1. The van der Waals surface area contributed by atoms with E-state index in [2.05, 4.69) is 10.3 Å². The fourth-order valence-corrected chi connectivity index (χ4v) is 5.00. The van der Waals surface area contributed by atoms with Gasteiger partial charge in [0.1, 0.15) is 0 Å². The second kappa shape index (κ2) is 7.98. The molecule has 5 rings (SSSR count). The van der Waals surface area contributed by atoms with Crippen LogP contribution in [0.3, 0.4) is 0 Å². The maximum absolute atomic E-state index is 13.0. The van der Waals surface area contributed by atoms with Crippen LogP contribution in [0.5, 0.6) is 0 Å². The zero-order chi connectivity index (χ0) is 22.4. The van der Waals surface area contributed by atoms with Crippen molar-refractivity contribution in [2.45, 2.75) is 17.5 Å². The quantitative estimate of drug-likeness (QED) is 0.269. The number of H-pyrrole nitrogens is 1. The van der Waals surface area contributed by atoms with Crippen molar-refractivity contribution in [2.75, 3.05) is 12.9 Å². The van der Waals surface area contributed by atoms with Crippen LogP contribution in [0.1, 0.15) is 11.1 Å². The lowest BCUT2D eigenvalue weighted by Crippen LogP contribution is -2.22. The Kier molecular flexibility index (Phi) is 5.13. The molecule has 7 nitrogen and oxygen atoms in total. The van der Waals surface area contributed by atoms with E-state index in [1.165, 1.54) is 0 Å². The second-order valence-electron chi connectivity index (χ2n) is 7.67. The Labute approximate surface area is 187 Å². The highest BCUT2D eigenvalue weighted by atomic mass is 32.2. The molecule has 8 heteroatoms. The predicted molar refractivity (Wildman–Crippen MR) is 125 cm³/mol. The number of nitrogens with one attached hydrogen (secondary N) is 2. The second-order valence-corrected chi connectivity index (χ2v) is 8.52. The number of aliphatic hydroxyl groups is 2. The third-order valence-corrected chi connectivity index (χ3v) is 6.53. The van der Waals surface area contributed by atoms with Gasteiger partial charge in [-0.05, 0) is 18.4 Å². The van der Waals surface area contributed by atoms with Gasteiger partial charge in [-0.3, -0.25) is 14.9 Å². The molecule has 2 aromatic heterocycles. The molecule has 0 saturated carbocycles. The SMILES string of the molecule is CSc1cccc2c(C3=C(c4c[nH]c5ccccc45)C(=O)NC3=O)cn(CC(O)CO)c12. The van der Waals surface area contributed by atoms with Crippen LogP contribution in [0.4, 0.5) is 0 Å². The third-order valence-electron chi connectivity index (χ3n) is 5.76. The molecule has 4 aromatic rings. The first kappa shape index (κ1) is 20.6. The van der Waals surface area contributed by atoms with Crippen LogP contribution in [0.15, 0.2) is 59.8 Å². The zero-order valence-electron chi connectivity index (χ0n) is 17.3.